The highest BCUT2D eigenvalue weighted by atomic mass is 32.2. The lowest BCUT2D eigenvalue weighted by Crippen LogP contribution is -2.43. The molecule has 0 aromatic heterocycles. The summed E-state index contributed by atoms with van der Waals surface area (Å²) >= 11 is 0. The number of benzene rings is 1. The van der Waals surface area contributed by atoms with Crippen molar-refractivity contribution in [1.29, 1.82) is 0 Å². The minimum absolute atomic E-state index is 0.0317. The number of ether oxygens (including phenoxy) is 1. The van der Waals surface area contributed by atoms with Crippen molar-refractivity contribution >= 4 is 25.9 Å². The second-order valence-corrected chi connectivity index (χ2v) is 8.31. The van der Waals surface area contributed by atoms with Gasteiger partial charge in [0.15, 0.2) is 0 Å². The zero-order chi connectivity index (χ0) is 16.5. The number of hydrogen-bond donors (Lipinski definition) is 3. The quantitative estimate of drug-likeness (QED) is 0.716. The van der Waals surface area contributed by atoms with E-state index in [9.17, 15) is 16.8 Å². The Morgan fingerprint density at radius 3 is 2.14 bits per heavy atom. The van der Waals surface area contributed by atoms with Gasteiger partial charge in [-0.25, -0.2) is 13.6 Å². The van der Waals surface area contributed by atoms with Gasteiger partial charge in [-0.15, -0.1) is 0 Å². The molecule has 1 aromatic rings. The second-order valence-electron chi connectivity index (χ2n) is 5.37. The number of methoxy groups -OCH3 is 1. The van der Waals surface area contributed by atoms with Crippen molar-refractivity contribution in [3.05, 3.63) is 18.2 Å². The molecular formula is C11H19N3O5S2. The number of primary sulfonamides is 1. The van der Waals surface area contributed by atoms with Crippen LogP contribution in [0.1, 0.15) is 20.8 Å². The normalized spacial score (nSPS) is 13.0. The minimum Gasteiger partial charge on any atom is -0.495 e. The summed E-state index contributed by atoms with van der Waals surface area (Å²) in [6.07, 6.45) is 0. The van der Waals surface area contributed by atoms with Gasteiger partial charge in [-0.2, -0.15) is 13.1 Å². The molecule has 0 amide bonds. The van der Waals surface area contributed by atoms with Crippen molar-refractivity contribution in [2.45, 2.75) is 31.2 Å². The standard InChI is InChI=1S/C11H19N3O5S2/c1-11(2,3)14-21(17,18)13-8-5-6-9(19-4)10(7-8)20(12,15)16/h5-7,13-14H,1-4H3,(H2,12,15,16). The van der Waals surface area contributed by atoms with Crippen LogP contribution in [-0.2, 0) is 20.2 Å². The van der Waals surface area contributed by atoms with Gasteiger partial charge in [-0.3, -0.25) is 4.72 Å². The molecular weight excluding hydrogens is 318 g/mol. The van der Waals surface area contributed by atoms with Crippen molar-refractivity contribution in [2.24, 2.45) is 5.14 Å². The summed E-state index contributed by atoms with van der Waals surface area (Å²) in [6.45, 7) is 5.03. The molecule has 0 radical (unpaired) electrons. The van der Waals surface area contributed by atoms with Crippen molar-refractivity contribution < 1.29 is 21.6 Å². The van der Waals surface area contributed by atoms with Crippen LogP contribution in [0.4, 0.5) is 5.69 Å². The molecule has 10 heteroatoms. The van der Waals surface area contributed by atoms with E-state index in [4.69, 9.17) is 9.88 Å². The van der Waals surface area contributed by atoms with Crippen molar-refractivity contribution in [3.63, 3.8) is 0 Å². The third-order valence-electron chi connectivity index (χ3n) is 2.16. The summed E-state index contributed by atoms with van der Waals surface area (Å²) in [6, 6.07) is 3.78. The lowest BCUT2D eigenvalue weighted by Gasteiger charge is -2.21. The minimum atomic E-state index is -4.04. The zero-order valence-electron chi connectivity index (χ0n) is 12.2. The summed E-state index contributed by atoms with van der Waals surface area (Å²) in [4.78, 5) is -0.305. The van der Waals surface area contributed by atoms with Gasteiger partial charge in [0.2, 0.25) is 10.0 Å². The van der Waals surface area contributed by atoms with Crippen LogP contribution in [0.15, 0.2) is 23.1 Å². The number of anilines is 1. The van der Waals surface area contributed by atoms with Crippen LogP contribution in [0.3, 0.4) is 0 Å². The van der Waals surface area contributed by atoms with E-state index in [0.717, 1.165) is 6.07 Å². The molecule has 1 aromatic carbocycles. The van der Waals surface area contributed by atoms with Gasteiger partial charge in [0, 0.05) is 5.54 Å². The number of sulfonamides is 1. The molecule has 0 saturated heterocycles. The zero-order valence-corrected chi connectivity index (χ0v) is 13.8. The SMILES string of the molecule is COc1ccc(NS(=O)(=O)NC(C)(C)C)cc1S(N)(=O)=O. The molecule has 21 heavy (non-hydrogen) atoms. The Labute approximate surface area is 124 Å². The van der Waals surface area contributed by atoms with E-state index < -0.39 is 25.8 Å². The Balaban J connectivity index is 3.18. The van der Waals surface area contributed by atoms with E-state index in [-0.39, 0.29) is 16.3 Å². The molecule has 0 spiro atoms. The fourth-order valence-corrected chi connectivity index (χ4v) is 3.56. The predicted molar refractivity (Wildman–Crippen MR) is 79.8 cm³/mol. The molecule has 0 aliphatic carbocycles. The van der Waals surface area contributed by atoms with Gasteiger partial charge in [-0.05, 0) is 39.0 Å². The molecule has 0 atom stereocenters. The molecule has 4 N–H and O–H groups in total. The molecule has 0 unspecified atom stereocenters. The van der Waals surface area contributed by atoms with E-state index in [0.29, 0.717) is 0 Å². The summed E-state index contributed by atoms with van der Waals surface area (Å²) in [7, 11) is -6.60. The Bertz CT molecular complexity index is 721. The first-order valence-electron chi connectivity index (χ1n) is 5.87. The number of hydrogen-bond acceptors (Lipinski definition) is 5. The highest BCUT2D eigenvalue weighted by Gasteiger charge is 2.21. The fourth-order valence-electron chi connectivity index (χ4n) is 1.55. The summed E-state index contributed by atoms with van der Waals surface area (Å²) in [5.41, 5.74) is -0.627. The average molecular weight is 337 g/mol. The first-order chi connectivity index (χ1) is 9.34. The number of rotatable bonds is 5. The van der Waals surface area contributed by atoms with E-state index in [2.05, 4.69) is 9.44 Å². The Kier molecular flexibility index (Phi) is 4.88. The highest BCUT2D eigenvalue weighted by molar-refractivity contribution is 7.90. The molecule has 0 bridgehead atoms. The monoisotopic (exact) mass is 337 g/mol. The molecule has 0 fully saturated rings. The van der Waals surface area contributed by atoms with Crippen LogP contribution in [0, 0.1) is 0 Å². The highest BCUT2D eigenvalue weighted by Crippen LogP contribution is 2.26. The van der Waals surface area contributed by atoms with Crippen LogP contribution >= 0.6 is 0 Å². The van der Waals surface area contributed by atoms with Crippen LogP contribution in [0.2, 0.25) is 0 Å². The van der Waals surface area contributed by atoms with Crippen molar-refractivity contribution in [2.75, 3.05) is 11.8 Å². The molecule has 1 rings (SSSR count). The van der Waals surface area contributed by atoms with E-state index >= 15 is 0 Å². The molecule has 0 heterocycles. The summed E-state index contributed by atoms with van der Waals surface area (Å²) in [5.74, 6) is 0.0317. The number of nitrogens with one attached hydrogen (secondary N) is 2. The maximum Gasteiger partial charge on any atom is 0.299 e. The van der Waals surface area contributed by atoms with Gasteiger partial charge in [0.05, 0.1) is 12.8 Å². The third kappa shape index (κ3) is 5.50. The van der Waals surface area contributed by atoms with Crippen molar-refractivity contribution in [3.8, 4) is 5.75 Å². The van der Waals surface area contributed by atoms with Gasteiger partial charge in [0.1, 0.15) is 10.6 Å². The van der Waals surface area contributed by atoms with E-state index in [1.165, 1.54) is 19.2 Å². The molecule has 0 saturated carbocycles. The Morgan fingerprint density at radius 1 is 1.14 bits per heavy atom. The largest absolute Gasteiger partial charge is 0.495 e. The van der Waals surface area contributed by atoms with Gasteiger partial charge >= 0.3 is 0 Å². The first kappa shape index (κ1) is 17.7. The van der Waals surface area contributed by atoms with E-state index in [1.54, 1.807) is 20.8 Å². The lowest BCUT2D eigenvalue weighted by molar-refractivity contribution is 0.403. The Morgan fingerprint density at radius 2 is 1.71 bits per heavy atom. The molecule has 0 aliphatic rings. The lowest BCUT2D eigenvalue weighted by atomic mass is 10.1. The predicted octanol–water partition coefficient (Wildman–Crippen LogP) is 0.387. The van der Waals surface area contributed by atoms with Crippen LogP contribution < -0.4 is 19.3 Å². The fraction of sp³-hybridized carbons (Fsp3) is 0.455. The third-order valence-corrected chi connectivity index (χ3v) is 4.48. The maximum absolute atomic E-state index is 11.9. The first-order valence-corrected chi connectivity index (χ1v) is 8.89. The van der Waals surface area contributed by atoms with Gasteiger partial charge in [0.25, 0.3) is 10.2 Å². The molecule has 8 nitrogen and oxygen atoms in total. The van der Waals surface area contributed by atoms with Gasteiger partial charge < -0.3 is 4.74 Å². The topological polar surface area (TPSA) is 128 Å². The Hall–Kier alpha value is -1.36. The van der Waals surface area contributed by atoms with E-state index in [1.807, 2.05) is 0 Å². The summed E-state index contributed by atoms with van der Waals surface area (Å²) < 4.78 is 56.2. The molecule has 0 aliphatic heterocycles. The van der Waals surface area contributed by atoms with Crippen LogP contribution in [0.5, 0.6) is 5.75 Å². The average Bonchev–Trinajstić information content (AvgIpc) is 2.23. The maximum atomic E-state index is 11.9. The van der Waals surface area contributed by atoms with Crippen LogP contribution in [-0.4, -0.2) is 29.5 Å². The van der Waals surface area contributed by atoms with Gasteiger partial charge in [-0.1, -0.05) is 0 Å². The second kappa shape index (κ2) is 5.79. The molecule has 120 valence electrons. The van der Waals surface area contributed by atoms with Crippen molar-refractivity contribution in [1.82, 2.24) is 4.72 Å². The van der Waals surface area contributed by atoms with Crippen LogP contribution in [0.25, 0.3) is 0 Å². The number of nitrogens with two attached hydrogens (primary N) is 1. The smallest absolute Gasteiger partial charge is 0.299 e. The summed E-state index contributed by atoms with van der Waals surface area (Å²) in [5, 5.41) is 5.07.